The van der Waals surface area contributed by atoms with Gasteiger partial charge in [0.15, 0.2) is 6.29 Å². The molecule has 1 amide bonds. The summed E-state index contributed by atoms with van der Waals surface area (Å²) in [5.74, 6) is -0.108. The third-order valence-electron chi connectivity index (χ3n) is 5.43. The number of pyridine rings is 1. The number of rotatable bonds is 7. The van der Waals surface area contributed by atoms with Gasteiger partial charge in [0.1, 0.15) is 5.56 Å². The van der Waals surface area contributed by atoms with E-state index in [1.54, 1.807) is 6.07 Å². The molecule has 0 bridgehead atoms. The maximum atomic E-state index is 13.0. The average molecular weight is 438 g/mol. The van der Waals surface area contributed by atoms with Crippen LogP contribution in [0.25, 0.3) is 10.9 Å². The van der Waals surface area contributed by atoms with Gasteiger partial charge >= 0.3 is 0 Å². The van der Waals surface area contributed by atoms with Crippen molar-refractivity contribution in [2.45, 2.75) is 31.0 Å². The van der Waals surface area contributed by atoms with E-state index in [4.69, 9.17) is 9.47 Å². The Morgan fingerprint density at radius 1 is 1.27 bits per heavy atom. The number of hydrogen-bond acceptors (Lipinski definition) is 6. The molecule has 2 N–H and O–H groups in total. The first-order chi connectivity index (χ1) is 14.3. The van der Waals surface area contributed by atoms with Gasteiger partial charge in [-0.15, -0.1) is 0 Å². The van der Waals surface area contributed by atoms with Crippen LogP contribution in [-0.2, 0) is 19.5 Å². The van der Waals surface area contributed by atoms with Crippen molar-refractivity contribution in [3.05, 3.63) is 40.2 Å². The second-order valence-corrected chi connectivity index (χ2v) is 9.37. The quantitative estimate of drug-likeness (QED) is 0.631. The van der Waals surface area contributed by atoms with Crippen LogP contribution in [0.3, 0.4) is 0 Å². The molecule has 10 heteroatoms. The summed E-state index contributed by atoms with van der Waals surface area (Å²) in [6, 6.07) is 4.36. The van der Waals surface area contributed by atoms with E-state index in [-0.39, 0.29) is 22.4 Å². The van der Waals surface area contributed by atoms with Gasteiger partial charge in [-0.1, -0.05) is 6.92 Å². The van der Waals surface area contributed by atoms with E-state index < -0.39 is 27.6 Å². The Balaban J connectivity index is 1.91. The average Bonchev–Trinajstić information content (AvgIpc) is 2.74. The number of nitrogens with zero attached hydrogens (tertiary/aromatic N) is 1. The molecular weight excluding hydrogens is 410 g/mol. The first-order valence-corrected chi connectivity index (χ1v) is 11.2. The van der Waals surface area contributed by atoms with Crippen molar-refractivity contribution in [2.75, 3.05) is 33.9 Å². The van der Waals surface area contributed by atoms with Crippen LogP contribution < -0.4 is 10.7 Å². The van der Waals surface area contributed by atoms with Crippen LogP contribution in [0.15, 0.2) is 34.1 Å². The molecule has 0 spiro atoms. The number of amides is 1. The molecule has 0 saturated carbocycles. The summed E-state index contributed by atoms with van der Waals surface area (Å²) in [5, 5.41) is 2.71. The second kappa shape index (κ2) is 9.25. The molecule has 1 aliphatic heterocycles. The molecular formula is C20H27N3O6S. The smallest absolute Gasteiger partial charge is 0.256 e. The molecule has 2 heterocycles. The number of hydrogen-bond donors (Lipinski definition) is 2. The highest BCUT2D eigenvalue weighted by Gasteiger charge is 2.28. The zero-order chi connectivity index (χ0) is 21.9. The normalized spacial score (nSPS) is 16.3. The Morgan fingerprint density at radius 3 is 2.57 bits per heavy atom. The number of benzene rings is 1. The fourth-order valence-electron chi connectivity index (χ4n) is 3.44. The van der Waals surface area contributed by atoms with Gasteiger partial charge in [-0.2, -0.15) is 4.31 Å². The van der Waals surface area contributed by atoms with E-state index in [0.717, 1.165) is 12.8 Å². The number of carbonyl (C=O) groups is 1. The van der Waals surface area contributed by atoms with Crippen LogP contribution in [0.4, 0.5) is 0 Å². The third kappa shape index (κ3) is 4.56. The van der Waals surface area contributed by atoms with Crippen LogP contribution in [0.5, 0.6) is 0 Å². The summed E-state index contributed by atoms with van der Waals surface area (Å²) in [6.07, 6.45) is 2.29. The van der Waals surface area contributed by atoms with Crippen LogP contribution in [0, 0.1) is 5.92 Å². The Morgan fingerprint density at radius 2 is 1.93 bits per heavy atom. The predicted octanol–water partition coefficient (Wildman–Crippen LogP) is 1.30. The van der Waals surface area contributed by atoms with E-state index in [1.165, 1.54) is 36.9 Å². The lowest BCUT2D eigenvalue weighted by atomic mass is 10.0. The van der Waals surface area contributed by atoms with Crippen LogP contribution in [0.1, 0.15) is 30.1 Å². The van der Waals surface area contributed by atoms with Crippen LogP contribution in [0.2, 0.25) is 0 Å². The molecule has 9 nitrogen and oxygen atoms in total. The Kier molecular flexibility index (Phi) is 6.91. The number of methoxy groups -OCH3 is 2. The van der Waals surface area contributed by atoms with Crippen molar-refractivity contribution in [1.29, 1.82) is 0 Å². The summed E-state index contributed by atoms with van der Waals surface area (Å²) in [5.41, 5.74) is -0.207. The number of nitrogens with one attached hydrogen (secondary N) is 2. The van der Waals surface area contributed by atoms with E-state index in [1.807, 2.05) is 0 Å². The fourth-order valence-corrected chi connectivity index (χ4v) is 4.93. The van der Waals surface area contributed by atoms with E-state index in [9.17, 15) is 18.0 Å². The van der Waals surface area contributed by atoms with E-state index in [0.29, 0.717) is 24.5 Å². The Labute approximate surface area is 175 Å². The highest BCUT2D eigenvalue weighted by Crippen LogP contribution is 2.24. The molecule has 30 heavy (non-hydrogen) atoms. The highest BCUT2D eigenvalue weighted by atomic mass is 32.2. The van der Waals surface area contributed by atoms with Gasteiger partial charge in [0, 0.05) is 44.4 Å². The van der Waals surface area contributed by atoms with Gasteiger partial charge < -0.3 is 19.8 Å². The largest absolute Gasteiger partial charge is 0.360 e. The highest BCUT2D eigenvalue weighted by molar-refractivity contribution is 7.89. The molecule has 2 aromatic rings. The zero-order valence-corrected chi connectivity index (χ0v) is 18.1. The standard InChI is InChI=1S/C20H27N3O6S/c1-13-6-8-23(9-7-13)30(26,27)14-4-5-17-15(10-14)19(24)16(11-21-17)20(25)22-12-18(28-2)29-3/h4-5,10-11,13,18H,6-9,12H2,1-3H3,(H,21,24)(H,22,25). The summed E-state index contributed by atoms with van der Waals surface area (Å²) >= 11 is 0. The number of aromatic nitrogens is 1. The lowest BCUT2D eigenvalue weighted by Gasteiger charge is -2.29. The minimum absolute atomic E-state index is 0.0476. The van der Waals surface area contributed by atoms with Crippen molar-refractivity contribution in [1.82, 2.24) is 14.6 Å². The minimum atomic E-state index is -3.71. The number of fused-ring (bicyclic) bond motifs is 1. The molecule has 1 aromatic carbocycles. The van der Waals surface area contributed by atoms with Crippen molar-refractivity contribution in [3.63, 3.8) is 0 Å². The summed E-state index contributed by atoms with van der Waals surface area (Å²) in [6.45, 7) is 3.08. The number of H-pyrrole nitrogens is 1. The van der Waals surface area contributed by atoms with Crippen LogP contribution in [-0.4, -0.2) is 63.8 Å². The molecule has 0 radical (unpaired) electrons. The Bertz CT molecular complexity index is 1070. The van der Waals surface area contributed by atoms with Crippen molar-refractivity contribution in [2.24, 2.45) is 5.92 Å². The van der Waals surface area contributed by atoms with E-state index >= 15 is 0 Å². The summed E-state index contributed by atoms with van der Waals surface area (Å²) in [7, 11) is -0.831. The van der Waals surface area contributed by atoms with Gasteiger partial charge in [-0.25, -0.2) is 8.42 Å². The van der Waals surface area contributed by atoms with Crippen molar-refractivity contribution >= 4 is 26.8 Å². The van der Waals surface area contributed by atoms with Crippen molar-refractivity contribution < 1.29 is 22.7 Å². The predicted molar refractivity (Wildman–Crippen MR) is 112 cm³/mol. The zero-order valence-electron chi connectivity index (χ0n) is 17.3. The number of aromatic amines is 1. The first kappa shape index (κ1) is 22.4. The third-order valence-corrected chi connectivity index (χ3v) is 7.33. The molecule has 1 aliphatic rings. The van der Waals surface area contributed by atoms with E-state index in [2.05, 4.69) is 17.2 Å². The Hall–Kier alpha value is -2.27. The topological polar surface area (TPSA) is 118 Å². The number of ether oxygens (including phenoxy) is 2. The number of piperidine rings is 1. The molecule has 1 saturated heterocycles. The lowest BCUT2D eigenvalue weighted by molar-refractivity contribution is -0.0974. The molecule has 0 unspecified atom stereocenters. The molecule has 1 aromatic heterocycles. The van der Waals surface area contributed by atoms with Gasteiger partial charge in [-0.3, -0.25) is 9.59 Å². The van der Waals surface area contributed by atoms with Crippen molar-refractivity contribution in [3.8, 4) is 0 Å². The van der Waals surface area contributed by atoms with Gasteiger partial charge in [0.05, 0.1) is 11.4 Å². The first-order valence-electron chi connectivity index (χ1n) is 9.77. The lowest BCUT2D eigenvalue weighted by Crippen LogP contribution is -2.38. The molecule has 0 aliphatic carbocycles. The van der Waals surface area contributed by atoms with Crippen LogP contribution >= 0.6 is 0 Å². The maximum absolute atomic E-state index is 13.0. The van der Waals surface area contributed by atoms with Gasteiger partial charge in [0.25, 0.3) is 5.91 Å². The molecule has 1 fully saturated rings. The SMILES string of the molecule is COC(CNC(=O)c1c[nH]c2ccc(S(=O)(=O)N3CCC(C)CC3)cc2c1=O)OC. The summed E-state index contributed by atoms with van der Waals surface area (Å²) in [4.78, 5) is 28.3. The molecule has 164 valence electrons. The molecule has 3 rings (SSSR count). The second-order valence-electron chi connectivity index (χ2n) is 7.44. The molecule has 0 atom stereocenters. The summed E-state index contributed by atoms with van der Waals surface area (Å²) < 4.78 is 37.5. The van der Waals surface area contributed by atoms with Gasteiger partial charge in [0.2, 0.25) is 15.5 Å². The van der Waals surface area contributed by atoms with Gasteiger partial charge in [-0.05, 0) is 37.0 Å². The minimum Gasteiger partial charge on any atom is -0.360 e. The fraction of sp³-hybridized carbons (Fsp3) is 0.500. The number of sulfonamides is 1. The maximum Gasteiger partial charge on any atom is 0.256 e. The monoisotopic (exact) mass is 437 g/mol. The number of carbonyl (C=O) groups excluding carboxylic acids is 1.